The number of ketones is 3. The van der Waals surface area contributed by atoms with Crippen LogP contribution in [0.25, 0.3) is 0 Å². The molecule has 37 heteroatoms. The topological polar surface area (TPSA) is 488 Å². The minimum absolute atomic E-state index is 0.0418. The molecule has 5 aliphatic carbocycles. The van der Waals surface area contributed by atoms with Crippen LogP contribution in [0.2, 0.25) is 0 Å². The largest absolute Gasteiger partial charge is 0.350 e. The van der Waals surface area contributed by atoms with E-state index in [-0.39, 0.29) is 150 Å². The summed E-state index contributed by atoms with van der Waals surface area (Å²) >= 11 is 0. The summed E-state index contributed by atoms with van der Waals surface area (Å²) in [6, 6.07) is -4.72. The maximum absolute atomic E-state index is 14.5. The van der Waals surface area contributed by atoms with Crippen molar-refractivity contribution in [3.8, 4) is 12.3 Å². The quantitative estimate of drug-likeness (QED) is 0.0126. The maximum atomic E-state index is 14.5. The van der Waals surface area contributed by atoms with Crippen molar-refractivity contribution in [3.63, 3.8) is 0 Å². The van der Waals surface area contributed by atoms with E-state index in [1.54, 1.807) is 41.0 Å². The molecule has 5 saturated heterocycles. The first-order valence-electron chi connectivity index (χ1n) is 54.7. The van der Waals surface area contributed by atoms with Crippen LogP contribution in [-0.4, -0.2) is 286 Å². The highest BCUT2D eigenvalue weighted by atomic mass is 16.2. The summed E-state index contributed by atoms with van der Waals surface area (Å²) in [5.41, 5.74) is -2.63. The van der Waals surface area contributed by atoms with E-state index in [0.29, 0.717) is 95.6 Å². The van der Waals surface area contributed by atoms with Gasteiger partial charge in [-0.05, 0) is 167 Å². The van der Waals surface area contributed by atoms with E-state index in [9.17, 15) is 91.1 Å². The number of nitrogens with zero attached hydrogens (tertiary/aromatic N) is 6. The predicted molar refractivity (Wildman–Crippen MR) is 568 cm³/mol. The van der Waals surface area contributed by atoms with Gasteiger partial charge in [-0.3, -0.25) is 81.6 Å². The van der Waals surface area contributed by atoms with Crippen molar-refractivity contribution < 1.29 is 91.1 Å². The lowest BCUT2D eigenvalue weighted by molar-refractivity contribution is -0.145. The lowest BCUT2D eigenvalue weighted by atomic mass is 9.83. The predicted octanol–water partition coefficient (Wildman–Crippen LogP) is 8.88. The van der Waals surface area contributed by atoms with Crippen LogP contribution < -0.4 is 63.8 Å². The standard InChI is InChI=1S/C40H56N6O7.C38H58N6O6.C35H60N6O6/c1-10-17-41-34(50)31(48)26(18-22-15-16-22)42-33(49)30-29-25(40(29,8)9)20-46(30)36(52)32(39(5,6)7)44-37(53)43-27(38(2,3)4)21-45-28(47)19-23-13-11-12-14-24(23)35(45)51;1-8-10-18-26(31(46)34(48)39-20-9-2)40-33(47)30-29-25(38(29,6)7)22-44(30)35(49)32(37(3,4)5)42-36(50)41-27(24-16-12-11-13-17-24)23-43-21-15-14-19-28(43)45;1-11-13-16-22(27(43)30(45)36-12-2)37-29(44)26-25-21(35(25,9)10)19-41(26)31(46)28(34(6,7)8)39-32(47)38-23(33(3,4)5)20-40-18-15-14-17-24(40)42/h10-14,22,25-27,29-30,32H,1,15-21H2,2-9H3,(H,41,50)(H,42,49)(H2,43,44,53);1,9,24-27,29-30,32H,2,10-23H2,3-7H3,(H,39,48)(H,40,47)(H2,41,42,50);21-23,25-26,28H,11-20H2,1-10H3,(H,36,45)(H,37,44)(H2,38,39,47)/t2*25-,26?,27+,29-,30-,32+;21-,22?,23+,25-,26-,28+/m000/s1. The van der Waals surface area contributed by atoms with Crippen LogP contribution >= 0.6 is 0 Å². The Kier molecular flexibility index (Phi) is 39.6. The number of rotatable bonds is 40. The lowest BCUT2D eigenvalue weighted by Gasteiger charge is -2.40. The molecule has 0 aromatic heterocycles. The third-order valence-corrected chi connectivity index (χ3v) is 33.3. The first-order chi connectivity index (χ1) is 70.0. The van der Waals surface area contributed by atoms with Gasteiger partial charge in [0.25, 0.3) is 23.6 Å². The summed E-state index contributed by atoms with van der Waals surface area (Å²) in [7, 11) is 0. The molecule has 150 heavy (non-hydrogen) atoms. The Balaban J connectivity index is 0.000000230. The minimum atomic E-state index is -1.16. The molecule has 19 amide bonds. The molecule has 6 heterocycles. The molecule has 18 atom stereocenters. The van der Waals surface area contributed by atoms with E-state index in [1.807, 2.05) is 116 Å². The van der Waals surface area contributed by atoms with Crippen LogP contribution in [0, 0.1) is 103 Å². The van der Waals surface area contributed by atoms with Gasteiger partial charge in [0.15, 0.2) is 0 Å². The van der Waals surface area contributed by atoms with Gasteiger partial charge in [0.2, 0.25) is 70.5 Å². The fraction of sp³-hybridized carbons (Fsp3) is 0.726. The van der Waals surface area contributed by atoms with Gasteiger partial charge in [-0.15, -0.1) is 25.5 Å². The molecule has 0 spiro atoms. The summed E-state index contributed by atoms with van der Waals surface area (Å²) in [6.45, 7) is 55.1. The summed E-state index contributed by atoms with van der Waals surface area (Å²) in [5.74, 6) is -5.17. The fourth-order valence-corrected chi connectivity index (χ4v) is 23.2. The first-order valence-corrected chi connectivity index (χ1v) is 54.7. The van der Waals surface area contributed by atoms with Crippen molar-refractivity contribution in [1.29, 1.82) is 0 Å². The average molecular weight is 2090 g/mol. The molecule has 0 bridgehead atoms. The fourth-order valence-electron chi connectivity index (χ4n) is 23.2. The molecule has 6 aliphatic heterocycles. The van der Waals surface area contributed by atoms with Crippen molar-refractivity contribution in [2.24, 2.45) is 90.7 Å². The van der Waals surface area contributed by atoms with Crippen molar-refractivity contribution in [2.75, 3.05) is 72.0 Å². The van der Waals surface area contributed by atoms with Gasteiger partial charge >= 0.3 is 18.1 Å². The molecule has 0 radical (unpaired) electrons. The van der Waals surface area contributed by atoms with Gasteiger partial charge in [0.1, 0.15) is 36.3 Å². The van der Waals surface area contributed by atoms with E-state index in [0.717, 1.165) is 77.0 Å². The zero-order chi connectivity index (χ0) is 111. The van der Waals surface area contributed by atoms with Crippen molar-refractivity contribution >= 4 is 112 Å². The number of Topliss-reactive ketones (excluding diaryl/α,β-unsaturated/α-hetero) is 3. The number of fused-ring (bicyclic) bond motifs is 4. The normalized spacial score (nSPS) is 24.1. The second-order valence-electron chi connectivity index (χ2n) is 50.7. The molecule has 1 aromatic rings. The molecule has 3 unspecified atom stereocenters. The van der Waals surface area contributed by atoms with Crippen LogP contribution in [0.1, 0.15) is 297 Å². The number of carbonyl (C=O) groups is 19. The van der Waals surface area contributed by atoms with Crippen molar-refractivity contribution in [2.45, 2.75) is 360 Å². The molecule has 37 nitrogen and oxygen atoms in total. The number of hydrogen-bond donors (Lipinski definition) is 12. The zero-order valence-electron chi connectivity index (χ0n) is 93.4. The van der Waals surface area contributed by atoms with Crippen LogP contribution in [0.3, 0.4) is 0 Å². The van der Waals surface area contributed by atoms with Crippen LogP contribution in [0.15, 0.2) is 49.6 Å². The number of benzene rings is 1. The summed E-state index contributed by atoms with van der Waals surface area (Å²) in [6.07, 6.45) is 22.5. The average Bonchev–Trinajstić information content (AvgIpc) is 1.53. The van der Waals surface area contributed by atoms with Crippen LogP contribution in [0.5, 0.6) is 0 Å². The van der Waals surface area contributed by atoms with E-state index in [1.165, 1.54) is 26.9 Å². The van der Waals surface area contributed by atoms with E-state index in [4.69, 9.17) is 6.42 Å². The number of likely N-dealkylation sites (N-methyl/N-ethyl adjacent to an activating group) is 1. The first kappa shape index (κ1) is 120. The van der Waals surface area contributed by atoms with Gasteiger partial charge in [0.05, 0.1) is 42.7 Å². The SMILES string of the molecule is C#CCCC(NC(=O)[C@@H]1[C@@H]2[C@H](CN1C(=O)[C@@H](NC(=O)N[C@H](CN1CCCCC1=O)C1CCCCC1)C(C)(C)C)C2(C)C)C(=O)C(=O)NCC=C.C=CCNC(=O)C(=O)C(CC1CC1)NC(=O)[C@@H]1[C@@H]2[C@H](CN1C(=O)[C@@H](NC(=O)N[C@H](CN1C(=O)Cc3ccccc3C1=O)C(C)(C)C)C(C)(C)C)C2(C)C.CCCCC(NC(=O)[C@@H]1[C@@H]2[C@H](CN1C(=O)[C@@H](NC(=O)N[C@H](CN1CCCCC1=O)C(C)(C)C)C(C)(C)C)C2(C)C)C(=O)C(=O)NCC. The summed E-state index contributed by atoms with van der Waals surface area (Å²) in [4.78, 5) is 265. The van der Waals surface area contributed by atoms with Gasteiger partial charge in [-0.1, -0.05) is 228 Å². The Morgan fingerprint density at radius 3 is 1.22 bits per heavy atom. The molecule has 830 valence electrons. The Hall–Kier alpha value is -11.6. The molecule has 12 rings (SSSR count). The Morgan fingerprint density at radius 1 is 0.447 bits per heavy atom. The molecule has 11 aliphatic rings. The third kappa shape index (κ3) is 29.4. The molecular weight excluding hydrogens is 1910 g/mol. The Bertz CT molecular complexity index is 5250. The monoisotopic (exact) mass is 2090 g/mol. The highest BCUT2D eigenvalue weighted by Crippen LogP contribution is 2.67. The van der Waals surface area contributed by atoms with E-state index >= 15 is 0 Å². The lowest BCUT2D eigenvalue weighted by Crippen LogP contribution is -2.63. The Labute approximate surface area is 887 Å². The summed E-state index contributed by atoms with van der Waals surface area (Å²) in [5, 5.41) is 33.9. The molecule has 5 saturated carbocycles. The molecule has 10 fully saturated rings. The number of likely N-dealkylation sites (tertiary alicyclic amines) is 5. The van der Waals surface area contributed by atoms with Gasteiger partial charge in [-0.2, -0.15) is 0 Å². The van der Waals surface area contributed by atoms with Gasteiger partial charge < -0.3 is 88.3 Å². The van der Waals surface area contributed by atoms with Crippen molar-refractivity contribution in [3.05, 3.63) is 60.7 Å². The molecule has 12 N–H and O–H groups in total. The third-order valence-electron chi connectivity index (χ3n) is 33.3. The second kappa shape index (κ2) is 49.4. The number of amides is 19. The van der Waals surface area contributed by atoms with Crippen molar-refractivity contribution in [1.82, 2.24) is 93.2 Å². The van der Waals surface area contributed by atoms with E-state index in [2.05, 4.69) is 124 Å². The van der Waals surface area contributed by atoms with Gasteiger partial charge in [0, 0.05) is 96.8 Å². The number of terminal acetylenes is 1. The van der Waals surface area contributed by atoms with Gasteiger partial charge in [-0.25, -0.2) is 14.4 Å². The zero-order valence-corrected chi connectivity index (χ0v) is 93.4. The van der Waals surface area contributed by atoms with Crippen LogP contribution in [0.4, 0.5) is 14.4 Å². The Morgan fingerprint density at radius 2 is 0.833 bits per heavy atom. The maximum Gasteiger partial charge on any atom is 0.315 e. The van der Waals surface area contributed by atoms with Crippen LogP contribution in [-0.2, 0) is 78.3 Å². The smallest absolute Gasteiger partial charge is 0.315 e. The minimum Gasteiger partial charge on any atom is -0.350 e. The number of piperidine rings is 5. The molecule has 1 aromatic carbocycles. The number of unbranched alkanes of at least 4 members (excludes halogenated alkanes) is 1. The molecular formula is C113H174N18O19. The van der Waals surface area contributed by atoms with E-state index < -0.39 is 165 Å². The number of carbonyl (C=O) groups excluding carboxylic acids is 19. The number of imide groups is 1. The second-order valence-corrected chi connectivity index (χ2v) is 50.7. The summed E-state index contributed by atoms with van der Waals surface area (Å²) < 4.78 is 0. The highest BCUT2D eigenvalue weighted by molar-refractivity contribution is 6.39. The number of nitrogens with one attached hydrogen (secondary N) is 12. The number of urea groups is 3. The number of hydrogen-bond acceptors (Lipinski definition) is 19. The highest BCUT2D eigenvalue weighted by Gasteiger charge is 2.73.